The molecule has 2 unspecified atom stereocenters. The van der Waals surface area contributed by atoms with E-state index in [1.165, 1.54) is 6.42 Å². The van der Waals surface area contributed by atoms with Gasteiger partial charge in [-0.3, -0.25) is 4.79 Å². The number of carbonyl (C=O) groups excluding carboxylic acids is 1. The topological polar surface area (TPSA) is 55.6 Å². The Kier molecular flexibility index (Phi) is 3.22. The van der Waals surface area contributed by atoms with Crippen molar-refractivity contribution in [1.82, 2.24) is 4.90 Å². The fraction of sp³-hybridized carbons (Fsp3) is 0.917. The molecule has 0 aromatic heterocycles. The van der Waals surface area contributed by atoms with Crippen molar-refractivity contribution in [2.24, 2.45) is 11.7 Å². The SMILES string of the molecule is COC1(CC(=O)N2CC(C)C(N)C2)CCC1. The molecule has 2 rings (SSSR count). The normalized spacial score (nSPS) is 32.6. The van der Waals surface area contributed by atoms with Gasteiger partial charge in [-0.2, -0.15) is 0 Å². The van der Waals surface area contributed by atoms with Gasteiger partial charge in [0.05, 0.1) is 12.0 Å². The van der Waals surface area contributed by atoms with Crippen LogP contribution < -0.4 is 5.73 Å². The summed E-state index contributed by atoms with van der Waals surface area (Å²) in [7, 11) is 1.71. The van der Waals surface area contributed by atoms with Crippen molar-refractivity contribution >= 4 is 5.91 Å². The number of likely N-dealkylation sites (tertiary alicyclic amines) is 1. The Bertz CT molecular complexity index is 261. The first-order chi connectivity index (χ1) is 7.56. The highest BCUT2D eigenvalue weighted by atomic mass is 16.5. The van der Waals surface area contributed by atoms with E-state index < -0.39 is 0 Å². The molecule has 4 nitrogen and oxygen atoms in total. The van der Waals surface area contributed by atoms with Crippen LogP contribution in [-0.2, 0) is 9.53 Å². The molecular formula is C12H22N2O2. The van der Waals surface area contributed by atoms with Gasteiger partial charge in [-0.05, 0) is 25.2 Å². The molecule has 1 saturated heterocycles. The Morgan fingerprint density at radius 3 is 2.56 bits per heavy atom. The molecule has 0 aromatic carbocycles. The third-order valence-corrected chi connectivity index (χ3v) is 4.19. The number of hydrogen-bond acceptors (Lipinski definition) is 3. The minimum absolute atomic E-state index is 0.142. The minimum atomic E-state index is -0.160. The molecule has 1 aliphatic heterocycles. The number of amides is 1. The van der Waals surface area contributed by atoms with Gasteiger partial charge < -0.3 is 15.4 Å². The number of hydrogen-bond donors (Lipinski definition) is 1. The second-order valence-corrected chi connectivity index (χ2v) is 5.36. The molecule has 1 amide bonds. The molecule has 2 aliphatic rings. The highest BCUT2D eigenvalue weighted by Crippen LogP contribution is 2.38. The zero-order valence-corrected chi connectivity index (χ0v) is 10.2. The molecule has 0 bridgehead atoms. The van der Waals surface area contributed by atoms with E-state index in [9.17, 15) is 4.79 Å². The van der Waals surface area contributed by atoms with Gasteiger partial charge in [0.25, 0.3) is 0 Å². The van der Waals surface area contributed by atoms with Gasteiger partial charge >= 0.3 is 0 Å². The summed E-state index contributed by atoms with van der Waals surface area (Å²) in [5.41, 5.74) is 5.76. The standard InChI is InChI=1S/C12H22N2O2/c1-9-7-14(8-10(9)13)11(15)6-12(16-2)4-3-5-12/h9-10H,3-8,13H2,1-2H3. The Morgan fingerprint density at radius 2 is 2.19 bits per heavy atom. The van der Waals surface area contributed by atoms with Gasteiger partial charge in [-0.25, -0.2) is 0 Å². The molecule has 16 heavy (non-hydrogen) atoms. The lowest BCUT2D eigenvalue weighted by Gasteiger charge is -2.40. The molecule has 0 aromatic rings. The summed E-state index contributed by atoms with van der Waals surface area (Å²) >= 11 is 0. The van der Waals surface area contributed by atoms with E-state index in [0.717, 1.165) is 19.4 Å². The van der Waals surface area contributed by atoms with Crippen LogP contribution in [0, 0.1) is 5.92 Å². The van der Waals surface area contributed by atoms with Crippen LogP contribution in [0.25, 0.3) is 0 Å². The smallest absolute Gasteiger partial charge is 0.225 e. The predicted octanol–water partition coefficient (Wildman–Crippen LogP) is 0.751. The lowest BCUT2D eigenvalue weighted by atomic mass is 9.77. The van der Waals surface area contributed by atoms with Crippen molar-refractivity contribution in [1.29, 1.82) is 0 Å². The summed E-state index contributed by atoms with van der Waals surface area (Å²) in [4.78, 5) is 14.0. The average molecular weight is 226 g/mol. The van der Waals surface area contributed by atoms with Crippen LogP contribution in [0.1, 0.15) is 32.6 Å². The van der Waals surface area contributed by atoms with Gasteiger partial charge in [-0.15, -0.1) is 0 Å². The van der Waals surface area contributed by atoms with Crippen molar-refractivity contribution in [3.63, 3.8) is 0 Å². The van der Waals surface area contributed by atoms with Crippen LogP contribution in [-0.4, -0.2) is 42.6 Å². The van der Waals surface area contributed by atoms with E-state index in [2.05, 4.69) is 6.92 Å². The van der Waals surface area contributed by atoms with Crippen molar-refractivity contribution in [2.75, 3.05) is 20.2 Å². The van der Waals surface area contributed by atoms with Gasteiger partial charge in [-0.1, -0.05) is 6.92 Å². The Balaban J connectivity index is 1.89. The second kappa shape index (κ2) is 4.34. The molecule has 92 valence electrons. The van der Waals surface area contributed by atoms with Crippen molar-refractivity contribution in [3.05, 3.63) is 0 Å². The quantitative estimate of drug-likeness (QED) is 0.772. The number of rotatable bonds is 3. The molecule has 2 fully saturated rings. The lowest BCUT2D eigenvalue weighted by molar-refractivity contribution is -0.143. The van der Waals surface area contributed by atoms with E-state index in [-0.39, 0.29) is 17.6 Å². The molecule has 2 atom stereocenters. The number of nitrogens with two attached hydrogens (primary N) is 1. The van der Waals surface area contributed by atoms with E-state index >= 15 is 0 Å². The van der Waals surface area contributed by atoms with Crippen LogP contribution in [0.5, 0.6) is 0 Å². The Morgan fingerprint density at radius 1 is 1.50 bits per heavy atom. The minimum Gasteiger partial charge on any atom is -0.378 e. The molecule has 4 heteroatoms. The van der Waals surface area contributed by atoms with Gasteiger partial charge in [0, 0.05) is 26.2 Å². The molecule has 1 saturated carbocycles. The largest absolute Gasteiger partial charge is 0.378 e. The van der Waals surface area contributed by atoms with Crippen LogP contribution in [0.4, 0.5) is 0 Å². The number of methoxy groups -OCH3 is 1. The first-order valence-electron chi connectivity index (χ1n) is 6.15. The van der Waals surface area contributed by atoms with Crippen LogP contribution in [0.3, 0.4) is 0 Å². The van der Waals surface area contributed by atoms with Gasteiger partial charge in [0.2, 0.25) is 5.91 Å². The summed E-state index contributed by atoms with van der Waals surface area (Å²) in [6, 6.07) is 0.142. The fourth-order valence-electron chi connectivity index (χ4n) is 2.61. The monoisotopic (exact) mass is 226 g/mol. The highest BCUT2D eigenvalue weighted by molar-refractivity contribution is 5.78. The zero-order chi connectivity index (χ0) is 11.8. The number of carbonyl (C=O) groups is 1. The first-order valence-corrected chi connectivity index (χ1v) is 6.15. The maximum atomic E-state index is 12.1. The third kappa shape index (κ3) is 2.09. The zero-order valence-electron chi connectivity index (χ0n) is 10.2. The van der Waals surface area contributed by atoms with E-state index in [0.29, 0.717) is 18.9 Å². The molecular weight excluding hydrogens is 204 g/mol. The second-order valence-electron chi connectivity index (χ2n) is 5.36. The summed E-state index contributed by atoms with van der Waals surface area (Å²) in [5.74, 6) is 0.630. The first kappa shape index (κ1) is 11.9. The van der Waals surface area contributed by atoms with Crippen LogP contribution in [0.15, 0.2) is 0 Å². The van der Waals surface area contributed by atoms with Gasteiger partial charge in [0.15, 0.2) is 0 Å². The molecule has 0 spiro atoms. The lowest BCUT2D eigenvalue weighted by Crippen LogP contribution is -2.45. The summed E-state index contributed by atoms with van der Waals surface area (Å²) in [6.07, 6.45) is 3.75. The Hall–Kier alpha value is -0.610. The van der Waals surface area contributed by atoms with E-state index in [4.69, 9.17) is 10.5 Å². The third-order valence-electron chi connectivity index (χ3n) is 4.19. The van der Waals surface area contributed by atoms with E-state index in [1.807, 2.05) is 4.90 Å². The fourth-order valence-corrected chi connectivity index (χ4v) is 2.61. The van der Waals surface area contributed by atoms with Crippen molar-refractivity contribution in [2.45, 2.75) is 44.2 Å². The maximum absolute atomic E-state index is 12.1. The predicted molar refractivity (Wildman–Crippen MR) is 61.9 cm³/mol. The highest BCUT2D eigenvalue weighted by Gasteiger charge is 2.41. The molecule has 0 radical (unpaired) electrons. The van der Waals surface area contributed by atoms with Crippen LogP contribution in [0.2, 0.25) is 0 Å². The number of nitrogens with zero attached hydrogens (tertiary/aromatic N) is 1. The van der Waals surface area contributed by atoms with E-state index in [1.54, 1.807) is 7.11 Å². The summed E-state index contributed by atoms with van der Waals surface area (Å²) in [5, 5.41) is 0. The average Bonchev–Trinajstić information content (AvgIpc) is 2.53. The molecule has 2 N–H and O–H groups in total. The van der Waals surface area contributed by atoms with Crippen molar-refractivity contribution in [3.8, 4) is 0 Å². The summed E-state index contributed by atoms with van der Waals surface area (Å²) in [6.45, 7) is 3.62. The summed E-state index contributed by atoms with van der Waals surface area (Å²) < 4.78 is 5.48. The Labute approximate surface area is 97.1 Å². The maximum Gasteiger partial charge on any atom is 0.225 e. The van der Waals surface area contributed by atoms with Gasteiger partial charge in [0.1, 0.15) is 0 Å². The van der Waals surface area contributed by atoms with Crippen molar-refractivity contribution < 1.29 is 9.53 Å². The molecule has 1 aliphatic carbocycles. The number of ether oxygens (including phenoxy) is 1. The van der Waals surface area contributed by atoms with Crippen LogP contribution >= 0.6 is 0 Å². The molecule has 1 heterocycles.